The molecule has 1 aliphatic rings. The van der Waals surface area contributed by atoms with Gasteiger partial charge in [0, 0.05) is 0 Å². The summed E-state index contributed by atoms with van der Waals surface area (Å²) in [5, 5.41) is 38.1. The molecular weight excluding hydrogens is 388 g/mol. The molecule has 14 nitrogen and oxygen atoms in total. The lowest BCUT2D eigenvalue weighted by Crippen LogP contribution is -2.66. The van der Waals surface area contributed by atoms with E-state index in [4.69, 9.17) is 10.5 Å². The summed E-state index contributed by atoms with van der Waals surface area (Å²) in [4.78, 5) is 38.0. The third-order valence-electron chi connectivity index (χ3n) is 4.39. The number of carbonyl (C=O) groups excluding carboxylic acids is 2. The number of ether oxygens (including phenoxy) is 1. The van der Waals surface area contributed by atoms with Crippen LogP contribution in [0.5, 0.6) is 0 Å². The fourth-order valence-electron chi connectivity index (χ4n) is 2.92. The first-order chi connectivity index (χ1) is 13.9. The minimum Gasteiger partial charge on any atom is -0.394 e. The maximum Gasteiger partial charge on any atom is 0.239 e. The summed E-state index contributed by atoms with van der Waals surface area (Å²) in [5.41, 5.74) is 5.99. The van der Waals surface area contributed by atoms with Crippen LogP contribution >= 0.6 is 0 Å². The molecule has 2 aromatic heterocycles. The summed E-state index contributed by atoms with van der Waals surface area (Å²) in [7, 11) is 0. The molecule has 0 bridgehead atoms. The maximum absolute atomic E-state index is 12.0. The summed E-state index contributed by atoms with van der Waals surface area (Å²) in [6.07, 6.45) is -2.46. The first kappa shape index (κ1) is 20.8. The van der Waals surface area contributed by atoms with Crippen molar-refractivity contribution >= 4 is 28.8 Å². The monoisotopic (exact) mass is 410 g/mol. The lowest BCUT2D eigenvalue weighted by molar-refractivity contribution is -0.185. The predicted molar refractivity (Wildman–Crippen MR) is 97.1 cm³/mol. The first-order valence-corrected chi connectivity index (χ1v) is 8.73. The van der Waals surface area contributed by atoms with Crippen LogP contribution in [0.15, 0.2) is 12.7 Å². The molecular formula is C15H22N8O6. The summed E-state index contributed by atoms with van der Waals surface area (Å²) in [5.74, 6) is -0.905. The molecule has 1 fully saturated rings. The highest BCUT2D eigenvalue weighted by Crippen LogP contribution is 2.24. The van der Waals surface area contributed by atoms with Gasteiger partial charge >= 0.3 is 0 Å². The number of hydrogen-bond acceptors (Lipinski definition) is 11. The Bertz CT molecular complexity index is 860. The van der Waals surface area contributed by atoms with E-state index in [-0.39, 0.29) is 18.9 Å². The van der Waals surface area contributed by atoms with Gasteiger partial charge in [-0.2, -0.15) is 0 Å². The number of fused-ring (bicyclic) bond motifs is 1. The average molecular weight is 410 g/mol. The van der Waals surface area contributed by atoms with Crippen molar-refractivity contribution in [2.75, 3.05) is 25.0 Å². The number of hydrogen-bond donors (Lipinski definition) is 8. The summed E-state index contributed by atoms with van der Waals surface area (Å²) < 4.78 is 5.62. The number of rotatable bonds is 7. The number of aliphatic hydroxyl groups is 3. The minimum absolute atomic E-state index is 0.271. The molecule has 0 saturated carbocycles. The lowest BCUT2D eigenvalue weighted by atomic mass is 9.95. The zero-order valence-electron chi connectivity index (χ0n) is 15.1. The SMILES string of the molecule is NCC(=O)NCC(=O)N[C@@H]1[C@@H](O)[C@H](O)[C@@H](Nc2ncnc3nc[nH]c23)O[C@H]1CO. The lowest BCUT2D eigenvalue weighted by Gasteiger charge is -2.42. The third kappa shape index (κ3) is 4.57. The van der Waals surface area contributed by atoms with Crippen molar-refractivity contribution in [3.05, 3.63) is 12.7 Å². The van der Waals surface area contributed by atoms with Crippen molar-refractivity contribution in [3.8, 4) is 0 Å². The number of imidazole rings is 1. The molecule has 3 heterocycles. The summed E-state index contributed by atoms with van der Waals surface area (Å²) >= 11 is 0. The van der Waals surface area contributed by atoms with Crippen molar-refractivity contribution < 1.29 is 29.6 Å². The molecule has 2 amide bonds. The van der Waals surface area contributed by atoms with E-state index in [1.165, 1.54) is 12.7 Å². The van der Waals surface area contributed by atoms with Crippen molar-refractivity contribution in [2.45, 2.75) is 30.6 Å². The normalized spacial score (nSPS) is 26.8. The number of aliphatic hydroxyl groups excluding tert-OH is 3. The van der Waals surface area contributed by atoms with E-state index in [1.807, 2.05) is 0 Å². The smallest absolute Gasteiger partial charge is 0.239 e. The Hall–Kier alpha value is -2.91. The van der Waals surface area contributed by atoms with Gasteiger partial charge in [-0.05, 0) is 0 Å². The van der Waals surface area contributed by atoms with Crippen molar-refractivity contribution in [1.82, 2.24) is 30.6 Å². The molecule has 9 N–H and O–H groups in total. The van der Waals surface area contributed by atoms with Gasteiger partial charge in [0.15, 0.2) is 17.7 Å². The maximum atomic E-state index is 12.0. The first-order valence-electron chi connectivity index (χ1n) is 8.73. The second kappa shape index (κ2) is 9.06. The second-order valence-electron chi connectivity index (χ2n) is 6.30. The minimum atomic E-state index is -1.48. The zero-order chi connectivity index (χ0) is 21.0. The van der Waals surface area contributed by atoms with Gasteiger partial charge in [0.25, 0.3) is 0 Å². The molecule has 29 heavy (non-hydrogen) atoms. The second-order valence-corrected chi connectivity index (χ2v) is 6.30. The molecule has 1 aliphatic heterocycles. The van der Waals surface area contributed by atoms with Crippen LogP contribution in [0.3, 0.4) is 0 Å². The number of anilines is 1. The molecule has 0 aromatic carbocycles. The quantitative estimate of drug-likeness (QED) is 0.218. The van der Waals surface area contributed by atoms with E-state index in [0.29, 0.717) is 11.2 Å². The molecule has 1 saturated heterocycles. The van der Waals surface area contributed by atoms with E-state index < -0.39 is 49.0 Å². The molecule has 0 radical (unpaired) electrons. The largest absolute Gasteiger partial charge is 0.394 e. The third-order valence-corrected chi connectivity index (χ3v) is 4.39. The van der Waals surface area contributed by atoms with Gasteiger partial charge < -0.3 is 46.7 Å². The Morgan fingerprint density at radius 2 is 2.00 bits per heavy atom. The molecule has 0 unspecified atom stereocenters. The number of nitrogens with two attached hydrogens (primary N) is 1. The molecule has 0 aliphatic carbocycles. The van der Waals surface area contributed by atoms with E-state index in [0.717, 1.165) is 0 Å². The average Bonchev–Trinajstić information content (AvgIpc) is 3.21. The number of amides is 2. The Morgan fingerprint density at radius 1 is 1.21 bits per heavy atom. The van der Waals surface area contributed by atoms with Crippen LogP contribution in [0.2, 0.25) is 0 Å². The van der Waals surface area contributed by atoms with Crippen molar-refractivity contribution in [2.24, 2.45) is 5.73 Å². The van der Waals surface area contributed by atoms with Gasteiger partial charge in [-0.25, -0.2) is 15.0 Å². The molecule has 3 rings (SSSR count). The van der Waals surface area contributed by atoms with Gasteiger partial charge in [0.2, 0.25) is 11.8 Å². The van der Waals surface area contributed by atoms with Crippen molar-refractivity contribution in [1.29, 1.82) is 0 Å². The Kier molecular flexibility index (Phi) is 6.50. The van der Waals surface area contributed by atoms with E-state index in [2.05, 4.69) is 35.9 Å². The van der Waals surface area contributed by atoms with Crippen LogP contribution in [0.25, 0.3) is 11.2 Å². The van der Waals surface area contributed by atoms with E-state index in [1.54, 1.807) is 0 Å². The van der Waals surface area contributed by atoms with E-state index in [9.17, 15) is 24.9 Å². The Morgan fingerprint density at radius 3 is 2.72 bits per heavy atom. The van der Waals surface area contributed by atoms with Gasteiger partial charge in [-0.15, -0.1) is 0 Å². The van der Waals surface area contributed by atoms with Gasteiger partial charge in [0.1, 0.15) is 30.2 Å². The van der Waals surface area contributed by atoms with E-state index >= 15 is 0 Å². The number of aromatic amines is 1. The number of H-pyrrole nitrogens is 1. The number of carbonyl (C=O) groups is 2. The Labute approximate surface area is 163 Å². The van der Waals surface area contributed by atoms with Gasteiger partial charge in [-0.1, -0.05) is 0 Å². The number of nitrogens with zero attached hydrogens (tertiary/aromatic N) is 3. The molecule has 0 spiro atoms. The molecule has 158 valence electrons. The van der Waals surface area contributed by atoms with Crippen LogP contribution in [0.1, 0.15) is 0 Å². The van der Waals surface area contributed by atoms with Crippen molar-refractivity contribution in [3.63, 3.8) is 0 Å². The Balaban J connectivity index is 1.68. The van der Waals surface area contributed by atoms with Crippen LogP contribution in [-0.4, -0.2) is 97.3 Å². The highest BCUT2D eigenvalue weighted by Gasteiger charge is 2.45. The fraction of sp³-hybridized carbons (Fsp3) is 0.533. The van der Waals surface area contributed by atoms with Crippen LogP contribution in [-0.2, 0) is 14.3 Å². The standard InChI is InChI=1S/C15H22N8O6/c16-1-7(25)17-2-8(26)22-9-6(3-24)29-15(12(28)11(9)27)23-14-10-13(19-4-18-10)20-5-21-14/h4-6,9,11-12,15,24,27-28H,1-3,16H2,(H,17,25)(H,22,26)(H2,18,19,20,21,23)/t6-,9-,11+,12-,15-/m0/s1. The number of aromatic nitrogens is 4. The fourth-order valence-corrected chi connectivity index (χ4v) is 2.92. The topological polar surface area (TPSA) is 221 Å². The van der Waals surface area contributed by atoms with Crippen LogP contribution in [0.4, 0.5) is 5.82 Å². The molecule has 5 atom stereocenters. The molecule has 2 aromatic rings. The highest BCUT2D eigenvalue weighted by atomic mass is 16.5. The predicted octanol–water partition coefficient (Wildman–Crippen LogP) is -4.24. The summed E-state index contributed by atoms with van der Waals surface area (Å²) in [6.45, 7) is -1.21. The number of nitrogens with one attached hydrogen (secondary N) is 4. The highest BCUT2D eigenvalue weighted by molar-refractivity contribution is 5.85. The van der Waals surface area contributed by atoms with Crippen LogP contribution in [0, 0.1) is 0 Å². The van der Waals surface area contributed by atoms with Gasteiger partial charge in [0.05, 0.1) is 32.1 Å². The molecule has 14 heteroatoms. The van der Waals surface area contributed by atoms with Crippen LogP contribution < -0.4 is 21.7 Å². The zero-order valence-corrected chi connectivity index (χ0v) is 15.1. The summed E-state index contributed by atoms with van der Waals surface area (Å²) in [6, 6.07) is -1.12. The van der Waals surface area contributed by atoms with Gasteiger partial charge in [-0.3, -0.25) is 9.59 Å².